The molecule has 0 bridgehead atoms. The van der Waals surface area contributed by atoms with E-state index in [0.717, 1.165) is 30.5 Å². The van der Waals surface area contributed by atoms with E-state index < -0.39 is 0 Å². The Kier molecular flexibility index (Phi) is 5.83. The van der Waals surface area contributed by atoms with Gasteiger partial charge in [0.15, 0.2) is 0 Å². The second-order valence-electron chi connectivity index (χ2n) is 6.16. The number of anilines is 2. The minimum absolute atomic E-state index is 0.641. The van der Waals surface area contributed by atoms with Gasteiger partial charge in [0.2, 0.25) is 0 Å². The molecule has 2 rings (SSSR count). The molecule has 4 nitrogen and oxygen atoms in total. The largest absolute Gasteiger partial charge is 0.360 e. The van der Waals surface area contributed by atoms with E-state index in [4.69, 9.17) is 4.98 Å². The Hall–Kier alpha value is -1.32. The predicted octanol–water partition coefficient (Wildman–Crippen LogP) is 3.79. The maximum absolute atomic E-state index is 4.71. The average Bonchev–Trinajstić information content (AvgIpc) is 2.51. The van der Waals surface area contributed by atoms with Crippen molar-refractivity contribution >= 4 is 11.6 Å². The first-order valence-corrected chi connectivity index (χ1v) is 8.49. The average molecular weight is 290 g/mol. The number of hydrogen-bond acceptors (Lipinski definition) is 4. The van der Waals surface area contributed by atoms with Gasteiger partial charge in [-0.05, 0) is 39.0 Å². The van der Waals surface area contributed by atoms with Crippen molar-refractivity contribution in [3.63, 3.8) is 0 Å². The first kappa shape index (κ1) is 16.1. The smallest absolute Gasteiger partial charge is 0.134 e. The van der Waals surface area contributed by atoms with Crippen LogP contribution in [0, 0.1) is 6.92 Å². The molecule has 0 aromatic carbocycles. The Morgan fingerprint density at radius 2 is 2.10 bits per heavy atom. The molecule has 1 unspecified atom stereocenters. The minimum Gasteiger partial charge on any atom is -0.360 e. The van der Waals surface area contributed by atoms with Crippen LogP contribution in [0.5, 0.6) is 0 Å². The molecule has 2 heterocycles. The first-order valence-electron chi connectivity index (χ1n) is 8.49. The Balaban J connectivity index is 2.21. The van der Waals surface area contributed by atoms with Crippen LogP contribution in [0.25, 0.3) is 0 Å². The van der Waals surface area contributed by atoms with Crippen LogP contribution in [-0.2, 0) is 0 Å². The number of aromatic nitrogens is 2. The van der Waals surface area contributed by atoms with E-state index in [2.05, 4.69) is 41.7 Å². The molecule has 21 heavy (non-hydrogen) atoms. The van der Waals surface area contributed by atoms with Gasteiger partial charge in [0.1, 0.15) is 17.5 Å². The maximum Gasteiger partial charge on any atom is 0.134 e. The Morgan fingerprint density at radius 3 is 2.81 bits per heavy atom. The second kappa shape index (κ2) is 7.62. The molecule has 1 aliphatic heterocycles. The lowest BCUT2D eigenvalue weighted by Gasteiger charge is -2.36. The molecule has 1 saturated heterocycles. The van der Waals surface area contributed by atoms with Gasteiger partial charge in [-0.3, -0.25) is 0 Å². The van der Waals surface area contributed by atoms with E-state index >= 15 is 0 Å². The molecule has 1 aliphatic rings. The van der Waals surface area contributed by atoms with Crippen molar-refractivity contribution in [2.45, 2.75) is 65.3 Å². The highest BCUT2D eigenvalue weighted by Crippen LogP contribution is 2.27. The lowest BCUT2D eigenvalue weighted by Crippen LogP contribution is -2.40. The summed E-state index contributed by atoms with van der Waals surface area (Å²) in [5, 5.41) is 0. The van der Waals surface area contributed by atoms with Crippen LogP contribution in [0.4, 0.5) is 11.6 Å². The normalized spacial score (nSPS) is 18.9. The molecular formula is C17H30N4. The molecule has 1 aromatic heterocycles. The van der Waals surface area contributed by atoms with Gasteiger partial charge >= 0.3 is 0 Å². The first-order chi connectivity index (χ1) is 10.2. The molecule has 0 radical (unpaired) electrons. The van der Waals surface area contributed by atoms with Gasteiger partial charge in [-0.2, -0.15) is 0 Å². The highest BCUT2D eigenvalue weighted by atomic mass is 15.2. The van der Waals surface area contributed by atoms with Crippen LogP contribution >= 0.6 is 0 Å². The van der Waals surface area contributed by atoms with Crippen LogP contribution in [0.3, 0.4) is 0 Å². The van der Waals surface area contributed by atoms with Crippen molar-refractivity contribution in [1.82, 2.24) is 9.97 Å². The molecule has 1 atom stereocenters. The monoisotopic (exact) mass is 290 g/mol. The SMILES string of the molecule is CCCCN(C)c1cc(N2CCCCC2CC)nc(C)n1. The van der Waals surface area contributed by atoms with Gasteiger partial charge in [0, 0.05) is 32.2 Å². The predicted molar refractivity (Wildman–Crippen MR) is 90.2 cm³/mol. The zero-order valence-electron chi connectivity index (χ0n) is 14.1. The van der Waals surface area contributed by atoms with Crippen molar-refractivity contribution in [1.29, 1.82) is 0 Å². The molecule has 0 saturated carbocycles. The fourth-order valence-corrected chi connectivity index (χ4v) is 3.12. The summed E-state index contributed by atoms with van der Waals surface area (Å²) >= 11 is 0. The second-order valence-corrected chi connectivity index (χ2v) is 6.16. The molecule has 118 valence electrons. The van der Waals surface area contributed by atoms with Crippen molar-refractivity contribution in [3.05, 3.63) is 11.9 Å². The zero-order valence-corrected chi connectivity index (χ0v) is 14.1. The number of unbranched alkanes of at least 4 members (excludes halogenated alkanes) is 1. The van der Waals surface area contributed by atoms with Gasteiger partial charge in [-0.25, -0.2) is 9.97 Å². The van der Waals surface area contributed by atoms with Crippen LogP contribution in [0.1, 0.15) is 58.2 Å². The summed E-state index contributed by atoms with van der Waals surface area (Å²) in [5.74, 6) is 3.06. The van der Waals surface area contributed by atoms with E-state index in [-0.39, 0.29) is 0 Å². The molecule has 0 spiro atoms. The van der Waals surface area contributed by atoms with Crippen LogP contribution in [0.2, 0.25) is 0 Å². The molecule has 0 amide bonds. The van der Waals surface area contributed by atoms with E-state index in [1.807, 2.05) is 6.92 Å². The summed E-state index contributed by atoms with van der Waals surface area (Å²) in [6.07, 6.45) is 7.54. The quantitative estimate of drug-likeness (QED) is 0.798. The fraction of sp³-hybridized carbons (Fsp3) is 0.765. The summed E-state index contributed by atoms with van der Waals surface area (Å²) in [6.45, 7) is 8.71. The summed E-state index contributed by atoms with van der Waals surface area (Å²) in [5.41, 5.74) is 0. The lowest BCUT2D eigenvalue weighted by molar-refractivity contribution is 0.446. The van der Waals surface area contributed by atoms with Crippen molar-refractivity contribution < 1.29 is 0 Å². The summed E-state index contributed by atoms with van der Waals surface area (Å²) in [7, 11) is 2.13. The minimum atomic E-state index is 0.641. The van der Waals surface area contributed by atoms with Gasteiger partial charge in [-0.15, -0.1) is 0 Å². The zero-order chi connectivity index (χ0) is 15.2. The molecule has 4 heteroatoms. The highest BCUT2D eigenvalue weighted by Gasteiger charge is 2.23. The van der Waals surface area contributed by atoms with Crippen molar-refractivity contribution in [2.24, 2.45) is 0 Å². The number of hydrogen-bond donors (Lipinski definition) is 0. The third-order valence-corrected chi connectivity index (χ3v) is 4.44. The van der Waals surface area contributed by atoms with E-state index in [0.29, 0.717) is 6.04 Å². The Labute approximate surface area is 129 Å². The van der Waals surface area contributed by atoms with E-state index in [9.17, 15) is 0 Å². The lowest BCUT2D eigenvalue weighted by atomic mass is 10.00. The number of rotatable bonds is 6. The fourth-order valence-electron chi connectivity index (χ4n) is 3.12. The van der Waals surface area contributed by atoms with Gasteiger partial charge in [0.25, 0.3) is 0 Å². The number of piperidine rings is 1. The summed E-state index contributed by atoms with van der Waals surface area (Å²) in [4.78, 5) is 14.1. The summed E-state index contributed by atoms with van der Waals surface area (Å²) in [6, 6.07) is 2.82. The third-order valence-electron chi connectivity index (χ3n) is 4.44. The van der Waals surface area contributed by atoms with E-state index in [1.165, 1.54) is 38.5 Å². The Morgan fingerprint density at radius 1 is 1.29 bits per heavy atom. The molecule has 0 N–H and O–H groups in total. The van der Waals surface area contributed by atoms with E-state index in [1.54, 1.807) is 0 Å². The van der Waals surface area contributed by atoms with Gasteiger partial charge in [-0.1, -0.05) is 20.3 Å². The van der Waals surface area contributed by atoms with Gasteiger partial charge < -0.3 is 9.80 Å². The maximum atomic E-state index is 4.71. The Bertz CT molecular complexity index is 446. The van der Waals surface area contributed by atoms with Crippen LogP contribution in [-0.4, -0.2) is 36.1 Å². The van der Waals surface area contributed by atoms with Crippen LogP contribution < -0.4 is 9.80 Å². The van der Waals surface area contributed by atoms with Crippen molar-refractivity contribution in [3.8, 4) is 0 Å². The summed E-state index contributed by atoms with van der Waals surface area (Å²) < 4.78 is 0. The van der Waals surface area contributed by atoms with Gasteiger partial charge in [0.05, 0.1) is 0 Å². The third kappa shape index (κ3) is 4.08. The number of nitrogens with zero attached hydrogens (tertiary/aromatic N) is 4. The standard InChI is InChI=1S/C17H30N4/c1-5-7-11-20(4)16-13-17(19-14(3)18-16)21-12-9-8-10-15(21)6-2/h13,15H,5-12H2,1-4H3. The molecular weight excluding hydrogens is 260 g/mol. The molecule has 1 aromatic rings. The topological polar surface area (TPSA) is 32.3 Å². The number of aryl methyl sites for hydroxylation is 1. The highest BCUT2D eigenvalue weighted by molar-refractivity contribution is 5.51. The molecule has 0 aliphatic carbocycles. The van der Waals surface area contributed by atoms with Crippen LogP contribution in [0.15, 0.2) is 6.07 Å². The van der Waals surface area contributed by atoms with Crippen molar-refractivity contribution in [2.75, 3.05) is 29.9 Å². The molecule has 1 fully saturated rings.